The molecule has 1 rings (SSSR count). The van der Waals surface area contributed by atoms with Gasteiger partial charge in [0.1, 0.15) is 5.82 Å². The SMILES string of the molecule is [N-]=[N+]=Nc1ccc(F)c(Br)c1. The summed E-state index contributed by atoms with van der Waals surface area (Å²) in [6, 6.07) is 4.04. The predicted octanol–water partition coefficient (Wildman–Crippen LogP) is 3.53. The highest BCUT2D eigenvalue weighted by Gasteiger charge is 1.97. The van der Waals surface area contributed by atoms with Crippen LogP contribution in [0.15, 0.2) is 27.8 Å². The molecule has 0 heterocycles. The predicted molar refractivity (Wildman–Crippen MR) is 42.9 cm³/mol. The Kier molecular flexibility index (Phi) is 2.46. The van der Waals surface area contributed by atoms with Gasteiger partial charge in [0.15, 0.2) is 0 Å². The third-order valence-corrected chi connectivity index (χ3v) is 1.67. The van der Waals surface area contributed by atoms with Gasteiger partial charge in [0.25, 0.3) is 0 Å². The summed E-state index contributed by atoms with van der Waals surface area (Å²) in [4.78, 5) is 2.56. The molecule has 0 saturated carbocycles. The highest BCUT2D eigenvalue weighted by molar-refractivity contribution is 9.10. The van der Waals surface area contributed by atoms with Crippen LogP contribution in [0.3, 0.4) is 0 Å². The number of azide groups is 1. The van der Waals surface area contributed by atoms with Crippen molar-refractivity contribution >= 4 is 21.6 Å². The summed E-state index contributed by atoms with van der Waals surface area (Å²) in [5.74, 6) is -0.373. The van der Waals surface area contributed by atoms with E-state index in [1.165, 1.54) is 18.2 Å². The smallest absolute Gasteiger partial charge is 0.137 e. The first kappa shape index (κ1) is 8.04. The lowest BCUT2D eigenvalue weighted by Gasteiger charge is -1.93. The number of nitrogens with zero attached hydrogens (tertiary/aromatic N) is 3. The van der Waals surface area contributed by atoms with Crippen molar-refractivity contribution in [2.24, 2.45) is 5.11 Å². The lowest BCUT2D eigenvalue weighted by atomic mass is 10.3. The molecule has 1 aromatic rings. The Hall–Kier alpha value is -1.06. The third-order valence-electron chi connectivity index (χ3n) is 1.06. The van der Waals surface area contributed by atoms with Crippen LogP contribution < -0.4 is 0 Å². The van der Waals surface area contributed by atoms with Gasteiger partial charge in [0, 0.05) is 10.6 Å². The van der Waals surface area contributed by atoms with Crippen LogP contribution in [0.5, 0.6) is 0 Å². The van der Waals surface area contributed by atoms with Crippen LogP contribution in [0.1, 0.15) is 0 Å². The molecule has 0 saturated heterocycles. The Morgan fingerprint density at radius 1 is 1.55 bits per heavy atom. The Balaban J connectivity index is 3.14. The molecule has 56 valence electrons. The van der Waals surface area contributed by atoms with Crippen LogP contribution >= 0.6 is 15.9 Å². The van der Waals surface area contributed by atoms with Crippen molar-refractivity contribution in [3.63, 3.8) is 0 Å². The number of benzene rings is 1. The fraction of sp³-hybridized carbons (Fsp3) is 0. The van der Waals surface area contributed by atoms with Gasteiger partial charge in [-0.1, -0.05) is 5.11 Å². The minimum absolute atomic E-state index is 0.294. The lowest BCUT2D eigenvalue weighted by molar-refractivity contribution is 0.621. The van der Waals surface area contributed by atoms with Gasteiger partial charge in [-0.3, -0.25) is 0 Å². The quantitative estimate of drug-likeness (QED) is 0.391. The highest BCUT2D eigenvalue weighted by atomic mass is 79.9. The molecule has 0 fully saturated rings. The average Bonchev–Trinajstić information content (AvgIpc) is 1.98. The summed E-state index contributed by atoms with van der Waals surface area (Å²) in [6.45, 7) is 0. The van der Waals surface area contributed by atoms with E-state index >= 15 is 0 Å². The minimum Gasteiger partial charge on any atom is -0.206 e. The fourth-order valence-corrected chi connectivity index (χ4v) is 0.966. The minimum atomic E-state index is -0.373. The molecule has 0 aromatic heterocycles. The van der Waals surface area contributed by atoms with E-state index < -0.39 is 0 Å². The van der Waals surface area contributed by atoms with Crippen molar-refractivity contribution in [1.29, 1.82) is 0 Å². The van der Waals surface area contributed by atoms with Crippen molar-refractivity contribution in [2.75, 3.05) is 0 Å². The number of rotatable bonds is 1. The van der Waals surface area contributed by atoms with Crippen molar-refractivity contribution in [3.8, 4) is 0 Å². The van der Waals surface area contributed by atoms with E-state index in [9.17, 15) is 4.39 Å². The first-order valence-corrected chi connectivity index (χ1v) is 3.53. The summed E-state index contributed by atoms with van der Waals surface area (Å²) >= 11 is 2.96. The maximum absolute atomic E-state index is 12.6. The van der Waals surface area contributed by atoms with E-state index in [1.807, 2.05) is 0 Å². The molecule has 3 nitrogen and oxygen atoms in total. The second kappa shape index (κ2) is 3.37. The first-order chi connectivity index (χ1) is 5.24. The molecule has 0 radical (unpaired) electrons. The van der Waals surface area contributed by atoms with Crippen molar-refractivity contribution < 1.29 is 4.39 Å². The molecule has 0 unspecified atom stereocenters. The number of hydrogen-bond acceptors (Lipinski definition) is 1. The molecular formula is C6H3BrFN3. The zero-order valence-corrected chi connectivity index (χ0v) is 6.92. The van der Waals surface area contributed by atoms with E-state index in [2.05, 4.69) is 26.0 Å². The third kappa shape index (κ3) is 1.93. The topological polar surface area (TPSA) is 48.8 Å². The highest BCUT2D eigenvalue weighted by Crippen LogP contribution is 2.21. The van der Waals surface area contributed by atoms with Gasteiger partial charge in [0.05, 0.1) is 4.47 Å². The second-order valence-corrected chi connectivity index (χ2v) is 2.64. The molecule has 0 spiro atoms. The summed E-state index contributed by atoms with van der Waals surface area (Å²) in [6.07, 6.45) is 0. The van der Waals surface area contributed by atoms with Gasteiger partial charge in [-0.25, -0.2) is 4.39 Å². The van der Waals surface area contributed by atoms with Crippen LogP contribution in [0, 0.1) is 5.82 Å². The summed E-state index contributed by atoms with van der Waals surface area (Å²) in [5.41, 5.74) is 8.42. The summed E-state index contributed by atoms with van der Waals surface area (Å²) in [7, 11) is 0. The lowest BCUT2D eigenvalue weighted by Crippen LogP contribution is -1.73. The molecule has 11 heavy (non-hydrogen) atoms. The number of hydrogen-bond donors (Lipinski definition) is 0. The maximum Gasteiger partial charge on any atom is 0.137 e. The van der Waals surface area contributed by atoms with Gasteiger partial charge in [-0.15, -0.1) is 0 Å². The Morgan fingerprint density at radius 2 is 2.27 bits per heavy atom. The molecule has 1 aromatic carbocycles. The molecule has 0 aliphatic rings. The number of halogens is 2. The molecule has 5 heteroatoms. The fourth-order valence-electron chi connectivity index (χ4n) is 0.599. The van der Waals surface area contributed by atoms with E-state index in [4.69, 9.17) is 5.53 Å². The summed E-state index contributed by atoms with van der Waals surface area (Å²) in [5, 5.41) is 3.29. The average molecular weight is 216 g/mol. The van der Waals surface area contributed by atoms with Crippen LogP contribution in [0.2, 0.25) is 0 Å². The van der Waals surface area contributed by atoms with Crippen molar-refractivity contribution in [3.05, 3.63) is 38.9 Å². The van der Waals surface area contributed by atoms with Crippen molar-refractivity contribution in [2.45, 2.75) is 0 Å². The monoisotopic (exact) mass is 215 g/mol. The van der Waals surface area contributed by atoms with E-state index in [0.29, 0.717) is 10.2 Å². The van der Waals surface area contributed by atoms with Gasteiger partial charge >= 0.3 is 0 Å². The molecule has 0 aliphatic carbocycles. The first-order valence-electron chi connectivity index (χ1n) is 2.74. The van der Waals surface area contributed by atoms with Crippen LogP contribution in [0.4, 0.5) is 10.1 Å². The zero-order chi connectivity index (χ0) is 8.27. The van der Waals surface area contributed by atoms with Crippen LogP contribution in [-0.4, -0.2) is 0 Å². The Labute approximate surface area is 70.6 Å². The van der Waals surface area contributed by atoms with E-state index in [0.717, 1.165) is 0 Å². The van der Waals surface area contributed by atoms with Gasteiger partial charge in [0.2, 0.25) is 0 Å². The van der Waals surface area contributed by atoms with Crippen LogP contribution in [-0.2, 0) is 0 Å². The van der Waals surface area contributed by atoms with Gasteiger partial charge in [-0.2, -0.15) is 0 Å². The van der Waals surface area contributed by atoms with E-state index in [1.54, 1.807) is 0 Å². The van der Waals surface area contributed by atoms with Gasteiger partial charge in [-0.05, 0) is 39.7 Å². The standard InChI is InChI=1S/C6H3BrFN3/c7-5-3-4(10-11-9)1-2-6(5)8/h1-3H. The molecule has 0 bridgehead atoms. The van der Waals surface area contributed by atoms with E-state index in [-0.39, 0.29) is 5.82 Å². The second-order valence-electron chi connectivity index (χ2n) is 1.79. The Morgan fingerprint density at radius 3 is 2.82 bits per heavy atom. The summed E-state index contributed by atoms with van der Waals surface area (Å²) < 4.78 is 12.9. The Bertz CT molecular complexity index is 320. The zero-order valence-electron chi connectivity index (χ0n) is 5.33. The molecule has 0 aliphatic heterocycles. The van der Waals surface area contributed by atoms with Crippen LogP contribution in [0.25, 0.3) is 10.4 Å². The van der Waals surface area contributed by atoms with Gasteiger partial charge < -0.3 is 0 Å². The van der Waals surface area contributed by atoms with Crippen molar-refractivity contribution in [1.82, 2.24) is 0 Å². The molecule has 0 atom stereocenters. The molecule has 0 amide bonds. The molecular weight excluding hydrogens is 213 g/mol. The molecule has 0 N–H and O–H groups in total. The largest absolute Gasteiger partial charge is 0.206 e. The normalized spacial score (nSPS) is 8.91. The maximum atomic E-state index is 12.6.